The van der Waals surface area contributed by atoms with Crippen LogP contribution < -0.4 is 5.56 Å². The maximum atomic E-state index is 12.9. The number of hydrogen-bond donors (Lipinski definition) is 0. The van der Waals surface area contributed by atoms with Crippen LogP contribution in [-0.4, -0.2) is 19.3 Å². The molecule has 7 heteroatoms. The van der Waals surface area contributed by atoms with E-state index in [0.29, 0.717) is 27.6 Å². The van der Waals surface area contributed by atoms with Crippen LogP contribution in [-0.2, 0) is 6.54 Å². The molecule has 27 heavy (non-hydrogen) atoms. The molecule has 0 aliphatic rings. The van der Waals surface area contributed by atoms with Crippen LogP contribution in [0.4, 0.5) is 0 Å². The average Bonchev–Trinajstić information content (AvgIpc) is 3.08. The summed E-state index contributed by atoms with van der Waals surface area (Å²) in [6, 6.07) is 11.3. The van der Waals surface area contributed by atoms with Gasteiger partial charge in [-0.25, -0.2) is 9.67 Å². The highest BCUT2D eigenvalue weighted by Gasteiger charge is 2.12. The Morgan fingerprint density at radius 3 is 2.56 bits per heavy atom. The molecule has 136 valence electrons. The Hall–Kier alpha value is -2.63. The minimum absolute atomic E-state index is 0.152. The molecule has 0 saturated carbocycles. The van der Waals surface area contributed by atoms with Crippen molar-refractivity contribution in [3.05, 3.63) is 86.0 Å². The number of aryl methyl sites for hydroxylation is 2. The molecule has 0 saturated heterocycles. The lowest BCUT2D eigenvalue weighted by Crippen LogP contribution is -2.21. The number of nitrogens with zero attached hydrogens (tertiary/aromatic N) is 4. The molecular weight excluding hydrogens is 383 g/mol. The Morgan fingerprint density at radius 1 is 1.00 bits per heavy atom. The standard InChI is InChI=1S/C20H16Cl2N4O/c1-12-3-5-15(7-13(12)2)26-19-16(9-24-26)20(27)25(11-23-19)10-14-4-6-17(21)18(22)8-14/h3-9,11H,10H2,1-2H3. The molecule has 0 spiro atoms. The monoisotopic (exact) mass is 398 g/mol. The predicted molar refractivity (Wildman–Crippen MR) is 108 cm³/mol. The van der Waals surface area contributed by atoms with E-state index < -0.39 is 0 Å². The van der Waals surface area contributed by atoms with Crippen LogP contribution in [0.5, 0.6) is 0 Å². The molecule has 2 heterocycles. The summed E-state index contributed by atoms with van der Waals surface area (Å²) in [7, 11) is 0. The third kappa shape index (κ3) is 3.24. The Kier molecular flexibility index (Phi) is 4.50. The van der Waals surface area contributed by atoms with Crippen LogP contribution in [0.1, 0.15) is 16.7 Å². The minimum atomic E-state index is -0.152. The minimum Gasteiger partial charge on any atom is -0.294 e. The fourth-order valence-electron chi connectivity index (χ4n) is 2.94. The fraction of sp³-hybridized carbons (Fsp3) is 0.150. The summed E-state index contributed by atoms with van der Waals surface area (Å²) in [6.07, 6.45) is 3.09. The molecule has 0 unspecified atom stereocenters. The summed E-state index contributed by atoms with van der Waals surface area (Å²) in [6.45, 7) is 4.45. The lowest BCUT2D eigenvalue weighted by molar-refractivity contribution is 0.745. The Balaban J connectivity index is 1.76. The number of aromatic nitrogens is 4. The van der Waals surface area contributed by atoms with Crippen molar-refractivity contribution >= 4 is 34.2 Å². The molecule has 2 aromatic heterocycles. The molecule has 0 atom stereocenters. The third-order valence-corrected chi connectivity index (χ3v) is 5.37. The summed E-state index contributed by atoms with van der Waals surface area (Å²) < 4.78 is 3.22. The van der Waals surface area contributed by atoms with Crippen molar-refractivity contribution in [2.45, 2.75) is 20.4 Å². The van der Waals surface area contributed by atoms with Gasteiger partial charge in [-0.05, 0) is 54.8 Å². The molecule has 0 amide bonds. The van der Waals surface area contributed by atoms with Crippen LogP contribution in [0, 0.1) is 13.8 Å². The predicted octanol–water partition coefficient (Wildman–Crippen LogP) is 4.55. The zero-order chi connectivity index (χ0) is 19.1. The molecule has 2 aromatic carbocycles. The van der Waals surface area contributed by atoms with Crippen LogP contribution in [0.2, 0.25) is 10.0 Å². The van der Waals surface area contributed by atoms with Gasteiger partial charge < -0.3 is 0 Å². The number of hydrogen-bond acceptors (Lipinski definition) is 3. The summed E-state index contributed by atoms with van der Waals surface area (Å²) in [5.41, 5.74) is 4.49. The van der Waals surface area contributed by atoms with Gasteiger partial charge in [0.25, 0.3) is 5.56 Å². The summed E-state index contributed by atoms with van der Waals surface area (Å²) in [5, 5.41) is 5.78. The second-order valence-electron chi connectivity index (χ2n) is 6.49. The SMILES string of the molecule is Cc1ccc(-n2ncc3c(=O)n(Cc4ccc(Cl)c(Cl)c4)cnc32)cc1C. The van der Waals surface area contributed by atoms with E-state index in [0.717, 1.165) is 16.8 Å². The van der Waals surface area contributed by atoms with Crippen molar-refractivity contribution in [3.63, 3.8) is 0 Å². The van der Waals surface area contributed by atoms with Crippen LogP contribution in [0.15, 0.2) is 53.7 Å². The molecule has 0 radical (unpaired) electrons. The van der Waals surface area contributed by atoms with Gasteiger partial charge in [0, 0.05) is 0 Å². The van der Waals surface area contributed by atoms with E-state index in [-0.39, 0.29) is 5.56 Å². The third-order valence-electron chi connectivity index (χ3n) is 4.63. The van der Waals surface area contributed by atoms with Crippen molar-refractivity contribution in [2.24, 2.45) is 0 Å². The van der Waals surface area contributed by atoms with Gasteiger partial charge in [0.1, 0.15) is 11.7 Å². The molecule has 4 rings (SSSR count). The number of rotatable bonds is 3. The maximum Gasteiger partial charge on any atom is 0.264 e. The van der Waals surface area contributed by atoms with E-state index in [2.05, 4.69) is 17.0 Å². The highest BCUT2D eigenvalue weighted by atomic mass is 35.5. The van der Waals surface area contributed by atoms with Gasteiger partial charge in [-0.15, -0.1) is 0 Å². The van der Waals surface area contributed by atoms with Crippen molar-refractivity contribution in [2.75, 3.05) is 0 Å². The Morgan fingerprint density at radius 2 is 1.81 bits per heavy atom. The molecule has 0 fully saturated rings. The quantitative estimate of drug-likeness (QED) is 0.508. The van der Waals surface area contributed by atoms with Crippen molar-refractivity contribution < 1.29 is 0 Å². The van der Waals surface area contributed by atoms with Crippen molar-refractivity contribution in [3.8, 4) is 5.69 Å². The molecule has 4 aromatic rings. The van der Waals surface area contributed by atoms with E-state index >= 15 is 0 Å². The topological polar surface area (TPSA) is 52.7 Å². The van der Waals surface area contributed by atoms with E-state index in [9.17, 15) is 4.79 Å². The summed E-state index contributed by atoms with van der Waals surface area (Å²) >= 11 is 12.0. The first kappa shape index (κ1) is 17.8. The fourth-order valence-corrected chi connectivity index (χ4v) is 3.26. The van der Waals surface area contributed by atoms with Gasteiger partial charge in [0.2, 0.25) is 0 Å². The van der Waals surface area contributed by atoms with Gasteiger partial charge in [0.15, 0.2) is 5.65 Å². The van der Waals surface area contributed by atoms with Crippen LogP contribution >= 0.6 is 23.2 Å². The van der Waals surface area contributed by atoms with E-state index in [1.54, 1.807) is 23.0 Å². The van der Waals surface area contributed by atoms with Gasteiger partial charge in [-0.2, -0.15) is 5.10 Å². The first-order valence-electron chi connectivity index (χ1n) is 8.39. The smallest absolute Gasteiger partial charge is 0.264 e. The van der Waals surface area contributed by atoms with Crippen molar-refractivity contribution in [1.82, 2.24) is 19.3 Å². The van der Waals surface area contributed by atoms with Crippen molar-refractivity contribution in [1.29, 1.82) is 0 Å². The van der Waals surface area contributed by atoms with Gasteiger partial charge in [0.05, 0.1) is 28.5 Å². The second kappa shape index (κ2) is 6.83. The molecule has 0 N–H and O–H groups in total. The number of benzene rings is 2. The Bertz CT molecular complexity index is 1230. The van der Waals surface area contributed by atoms with E-state index in [1.807, 2.05) is 31.2 Å². The zero-order valence-electron chi connectivity index (χ0n) is 14.8. The van der Waals surface area contributed by atoms with Gasteiger partial charge >= 0.3 is 0 Å². The van der Waals surface area contributed by atoms with Gasteiger partial charge in [-0.1, -0.05) is 35.3 Å². The highest BCUT2D eigenvalue weighted by molar-refractivity contribution is 6.42. The lowest BCUT2D eigenvalue weighted by atomic mass is 10.1. The van der Waals surface area contributed by atoms with Crippen LogP contribution in [0.3, 0.4) is 0 Å². The highest BCUT2D eigenvalue weighted by Crippen LogP contribution is 2.23. The number of halogens is 2. The number of fused-ring (bicyclic) bond motifs is 1. The average molecular weight is 399 g/mol. The maximum absolute atomic E-state index is 12.9. The first-order valence-corrected chi connectivity index (χ1v) is 9.14. The molecule has 0 aliphatic heterocycles. The largest absolute Gasteiger partial charge is 0.294 e. The molecule has 5 nitrogen and oxygen atoms in total. The molecular formula is C20H16Cl2N4O. The zero-order valence-corrected chi connectivity index (χ0v) is 16.3. The molecule has 0 bridgehead atoms. The van der Waals surface area contributed by atoms with Crippen LogP contribution in [0.25, 0.3) is 16.7 Å². The second-order valence-corrected chi connectivity index (χ2v) is 7.30. The lowest BCUT2D eigenvalue weighted by Gasteiger charge is -2.08. The summed E-state index contributed by atoms with van der Waals surface area (Å²) in [5.74, 6) is 0. The first-order chi connectivity index (χ1) is 12.9. The summed E-state index contributed by atoms with van der Waals surface area (Å²) in [4.78, 5) is 17.3. The van der Waals surface area contributed by atoms with Gasteiger partial charge in [-0.3, -0.25) is 9.36 Å². The molecule has 0 aliphatic carbocycles. The van der Waals surface area contributed by atoms with E-state index in [1.165, 1.54) is 16.5 Å². The Labute approximate surface area is 165 Å². The van der Waals surface area contributed by atoms with E-state index in [4.69, 9.17) is 23.2 Å². The normalized spacial score (nSPS) is 11.3.